The molecule has 11 nitrogen and oxygen atoms in total. The molecule has 0 atom stereocenters. The topological polar surface area (TPSA) is 102 Å². The van der Waals surface area contributed by atoms with E-state index in [2.05, 4.69) is 25.2 Å². The van der Waals surface area contributed by atoms with Crippen molar-refractivity contribution in [1.82, 2.24) is 34.2 Å². The molecule has 0 radical (unpaired) electrons. The Morgan fingerprint density at radius 2 is 1.91 bits per heavy atom. The number of benzene rings is 1. The predicted octanol–water partition coefficient (Wildman–Crippen LogP) is 4.46. The molecule has 2 saturated heterocycles. The summed E-state index contributed by atoms with van der Waals surface area (Å²) in [7, 11) is 0. The van der Waals surface area contributed by atoms with E-state index in [9.17, 15) is 13.6 Å². The number of halogens is 3. The summed E-state index contributed by atoms with van der Waals surface area (Å²) in [5.41, 5.74) is 1.53. The van der Waals surface area contributed by atoms with Crippen molar-refractivity contribution in [3.63, 3.8) is 0 Å². The number of anilines is 1. The fourth-order valence-corrected chi connectivity index (χ4v) is 5.85. The van der Waals surface area contributed by atoms with Crippen molar-refractivity contribution in [2.24, 2.45) is 0 Å². The van der Waals surface area contributed by atoms with Gasteiger partial charge in [0.1, 0.15) is 17.0 Å². The predicted molar refractivity (Wildman–Crippen MR) is 157 cm³/mol. The number of amides is 1. The van der Waals surface area contributed by atoms with Gasteiger partial charge in [-0.25, -0.2) is 9.50 Å². The van der Waals surface area contributed by atoms with Gasteiger partial charge in [0.15, 0.2) is 5.65 Å². The highest BCUT2D eigenvalue weighted by atomic mass is 35.5. The van der Waals surface area contributed by atoms with Crippen molar-refractivity contribution in [2.45, 2.75) is 31.9 Å². The lowest BCUT2D eigenvalue weighted by Crippen LogP contribution is -2.39. The smallest absolute Gasteiger partial charge is 0.387 e. The van der Waals surface area contributed by atoms with Gasteiger partial charge in [-0.05, 0) is 56.6 Å². The number of aromatic nitrogens is 5. The second-order valence-electron chi connectivity index (χ2n) is 10.7. The number of carbonyl (C=O) groups is 1. The summed E-state index contributed by atoms with van der Waals surface area (Å²) in [6.45, 7) is 4.48. The number of rotatable bonds is 10. The van der Waals surface area contributed by atoms with Crippen molar-refractivity contribution < 1.29 is 23.0 Å². The maximum absolute atomic E-state index is 13.4. The normalized spacial score (nSPS) is 17.1. The summed E-state index contributed by atoms with van der Waals surface area (Å²) in [4.78, 5) is 22.6. The maximum atomic E-state index is 13.4. The number of hydrogen-bond acceptors (Lipinski definition) is 8. The minimum Gasteiger partial charge on any atom is -0.434 e. The average Bonchev–Trinajstić information content (AvgIpc) is 3.63. The monoisotopic (exact) mass is 614 g/mol. The van der Waals surface area contributed by atoms with Crippen LogP contribution in [0.1, 0.15) is 35.7 Å². The fraction of sp³-hybridized carbons (Fsp3) is 0.448. The molecule has 0 bridgehead atoms. The van der Waals surface area contributed by atoms with Gasteiger partial charge in [-0.2, -0.15) is 19.0 Å². The van der Waals surface area contributed by atoms with Crippen LogP contribution in [-0.2, 0) is 4.74 Å². The SMILES string of the molecule is O=C(Nc1cn(C2CCN(CCCN3CCOCC3)CC2)nc1-c1cc(Cl)ccc1OC(F)F)c1cnn2cccnc12. The number of ether oxygens (including phenoxy) is 2. The Bertz CT molecular complexity index is 1550. The van der Waals surface area contributed by atoms with E-state index < -0.39 is 12.5 Å². The Labute approximate surface area is 252 Å². The minimum atomic E-state index is -3.04. The Kier molecular flexibility index (Phi) is 9.12. The van der Waals surface area contributed by atoms with Crippen molar-refractivity contribution in [3.05, 3.63) is 59.6 Å². The molecule has 0 aliphatic carbocycles. The summed E-state index contributed by atoms with van der Waals surface area (Å²) in [5, 5.41) is 12.2. The molecule has 0 saturated carbocycles. The Morgan fingerprint density at radius 3 is 2.67 bits per heavy atom. The lowest BCUT2D eigenvalue weighted by atomic mass is 10.1. The molecule has 0 spiro atoms. The van der Waals surface area contributed by atoms with Gasteiger partial charge < -0.3 is 19.7 Å². The number of nitrogens with zero attached hydrogens (tertiary/aromatic N) is 7. The van der Waals surface area contributed by atoms with Gasteiger partial charge in [-0.3, -0.25) is 14.4 Å². The van der Waals surface area contributed by atoms with Crippen LogP contribution in [0.25, 0.3) is 16.9 Å². The van der Waals surface area contributed by atoms with Crippen molar-refractivity contribution >= 4 is 28.8 Å². The first-order valence-electron chi connectivity index (χ1n) is 14.4. The number of morpholine rings is 1. The second-order valence-corrected chi connectivity index (χ2v) is 11.1. The number of piperidine rings is 1. The van der Waals surface area contributed by atoms with Crippen LogP contribution in [0.4, 0.5) is 14.5 Å². The fourth-order valence-electron chi connectivity index (χ4n) is 5.68. The Balaban J connectivity index is 1.21. The van der Waals surface area contributed by atoms with Gasteiger partial charge in [-0.15, -0.1) is 0 Å². The van der Waals surface area contributed by atoms with Crippen LogP contribution >= 0.6 is 11.6 Å². The number of nitrogens with one attached hydrogen (secondary N) is 1. The molecule has 228 valence electrons. The first-order chi connectivity index (χ1) is 20.9. The summed E-state index contributed by atoms with van der Waals surface area (Å²) >= 11 is 6.27. The zero-order valence-corrected chi connectivity index (χ0v) is 24.3. The van der Waals surface area contributed by atoms with E-state index in [1.54, 1.807) is 24.7 Å². The van der Waals surface area contributed by atoms with E-state index in [0.717, 1.165) is 71.7 Å². The number of carbonyl (C=O) groups excluding carboxylic acids is 1. The molecule has 14 heteroatoms. The molecular formula is C29H33ClF2N8O3. The van der Waals surface area contributed by atoms with Gasteiger partial charge in [0, 0.05) is 55.4 Å². The second kappa shape index (κ2) is 13.3. The lowest BCUT2D eigenvalue weighted by Gasteiger charge is -2.33. The molecule has 6 rings (SSSR count). The van der Waals surface area contributed by atoms with Crippen LogP contribution in [0, 0.1) is 0 Å². The quantitative estimate of drug-likeness (QED) is 0.279. The van der Waals surface area contributed by atoms with E-state index in [0.29, 0.717) is 16.4 Å². The summed E-state index contributed by atoms with van der Waals surface area (Å²) in [5.74, 6) is -0.546. The third-order valence-electron chi connectivity index (χ3n) is 7.90. The number of alkyl halides is 2. The molecule has 2 fully saturated rings. The van der Waals surface area contributed by atoms with E-state index >= 15 is 0 Å². The largest absolute Gasteiger partial charge is 0.434 e. The van der Waals surface area contributed by atoms with E-state index in [1.165, 1.54) is 28.9 Å². The van der Waals surface area contributed by atoms with Crippen molar-refractivity contribution in [2.75, 3.05) is 57.8 Å². The van der Waals surface area contributed by atoms with Crippen molar-refractivity contribution in [3.8, 4) is 17.0 Å². The number of fused-ring (bicyclic) bond motifs is 1. The summed E-state index contributed by atoms with van der Waals surface area (Å²) in [6, 6.07) is 6.13. The van der Waals surface area contributed by atoms with Gasteiger partial charge >= 0.3 is 6.61 Å². The standard InChI is InChI=1S/C29H33ClF2N8O3/c30-20-3-4-25(43-29(31)32)22(17-20)26-24(35-28(41)23-18-34-39-10-1-7-33-27(23)39)19-40(36-26)21-5-11-37(12-6-21)8-2-9-38-13-15-42-16-14-38/h1,3-4,7,10,17-19,21,29H,2,5-6,8-9,11-16H2,(H,35,41). The molecule has 1 amide bonds. The highest BCUT2D eigenvalue weighted by molar-refractivity contribution is 6.31. The highest BCUT2D eigenvalue weighted by Gasteiger charge is 2.26. The first-order valence-corrected chi connectivity index (χ1v) is 14.8. The molecule has 2 aliphatic rings. The van der Waals surface area contributed by atoms with Crippen LogP contribution < -0.4 is 10.1 Å². The molecule has 1 N–H and O–H groups in total. The molecule has 3 aromatic heterocycles. The van der Waals surface area contributed by atoms with E-state index in [4.69, 9.17) is 26.2 Å². The molecule has 2 aliphatic heterocycles. The van der Waals surface area contributed by atoms with Crippen LogP contribution in [0.5, 0.6) is 5.75 Å². The van der Waals surface area contributed by atoms with Crippen LogP contribution in [0.2, 0.25) is 5.02 Å². The molecule has 43 heavy (non-hydrogen) atoms. The lowest BCUT2D eigenvalue weighted by molar-refractivity contribution is -0.0494. The van der Waals surface area contributed by atoms with Crippen LogP contribution in [0.15, 0.2) is 49.1 Å². The summed E-state index contributed by atoms with van der Waals surface area (Å²) in [6.07, 6.45) is 9.27. The zero-order valence-electron chi connectivity index (χ0n) is 23.5. The minimum absolute atomic E-state index is 0.0668. The molecular weight excluding hydrogens is 582 g/mol. The Morgan fingerprint density at radius 1 is 1.14 bits per heavy atom. The third kappa shape index (κ3) is 6.96. The highest BCUT2D eigenvalue weighted by Crippen LogP contribution is 2.38. The van der Waals surface area contributed by atoms with Gasteiger partial charge in [0.2, 0.25) is 0 Å². The third-order valence-corrected chi connectivity index (χ3v) is 8.14. The maximum Gasteiger partial charge on any atom is 0.387 e. The Hall–Kier alpha value is -3.65. The molecule has 0 unspecified atom stereocenters. The average molecular weight is 615 g/mol. The number of hydrogen-bond donors (Lipinski definition) is 1. The van der Waals surface area contributed by atoms with Crippen LogP contribution in [0.3, 0.4) is 0 Å². The number of likely N-dealkylation sites (tertiary alicyclic amines) is 1. The van der Waals surface area contributed by atoms with E-state index in [-0.39, 0.29) is 28.6 Å². The molecule has 5 heterocycles. The molecule has 1 aromatic carbocycles. The van der Waals surface area contributed by atoms with Crippen LogP contribution in [-0.4, -0.2) is 99.2 Å². The zero-order chi connectivity index (χ0) is 29.8. The van der Waals surface area contributed by atoms with Gasteiger partial charge in [0.25, 0.3) is 5.91 Å². The van der Waals surface area contributed by atoms with Crippen molar-refractivity contribution in [1.29, 1.82) is 0 Å². The van der Waals surface area contributed by atoms with E-state index in [1.807, 2.05) is 4.68 Å². The summed E-state index contributed by atoms with van der Waals surface area (Å²) < 4.78 is 40.2. The van der Waals surface area contributed by atoms with Gasteiger partial charge in [0.05, 0.1) is 31.1 Å². The molecule has 4 aromatic rings. The first kappa shape index (κ1) is 29.4. The van der Waals surface area contributed by atoms with Gasteiger partial charge in [-0.1, -0.05) is 11.6 Å².